The van der Waals surface area contributed by atoms with Crippen molar-refractivity contribution < 1.29 is 9.90 Å². The number of nitrogens with zero attached hydrogens (tertiary/aromatic N) is 2. The Morgan fingerprint density at radius 3 is 2.61 bits per heavy atom. The fraction of sp³-hybridized carbons (Fsp3) is 0.353. The third-order valence-electron chi connectivity index (χ3n) is 3.50. The highest BCUT2D eigenvalue weighted by molar-refractivity contribution is 5.89. The van der Waals surface area contributed by atoms with Gasteiger partial charge >= 0.3 is 6.03 Å². The van der Waals surface area contributed by atoms with E-state index in [1.54, 1.807) is 6.20 Å². The molecule has 1 aromatic carbocycles. The number of carbonyl (C=O) groups is 1. The molecule has 1 aromatic heterocycles. The first-order chi connectivity index (χ1) is 11.1. The highest BCUT2D eigenvalue weighted by Crippen LogP contribution is 2.18. The van der Waals surface area contributed by atoms with E-state index in [0.29, 0.717) is 17.9 Å². The number of benzene rings is 1. The third-order valence-corrected chi connectivity index (χ3v) is 3.50. The van der Waals surface area contributed by atoms with Gasteiger partial charge in [0, 0.05) is 35.8 Å². The number of amides is 2. The Bertz CT molecular complexity index is 643. The maximum atomic E-state index is 11.9. The number of nitrogens with one attached hydrogen (secondary N) is 2. The molecule has 0 spiro atoms. The Labute approximate surface area is 136 Å². The van der Waals surface area contributed by atoms with Gasteiger partial charge in [-0.25, -0.2) is 14.8 Å². The van der Waals surface area contributed by atoms with Crippen LogP contribution >= 0.6 is 0 Å². The fourth-order valence-electron chi connectivity index (χ4n) is 2.18. The van der Waals surface area contributed by atoms with Crippen LogP contribution in [0.1, 0.15) is 25.5 Å². The Hall–Kier alpha value is -2.47. The van der Waals surface area contributed by atoms with E-state index >= 15 is 0 Å². The molecule has 0 saturated carbocycles. The summed E-state index contributed by atoms with van der Waals surface area (Å²) in [6, 6.07) is 8.91. The van der Waals surface area contributed by atoms with Crippen LogP contribution < -0.4 is 10.6 Å². The highest BCUT2D eigenvalue weighted by Gasteiger charge is 2.10. The summed E-state index contributed by atoms with van der Waals surface area (Å²) in [7, 11) is 0. The van der Waals surface area contributed by atoms with Crippen molar-refractivity contribution in [1.82, 2.24) is 15.3 Å². The van der Waals surface area contributed by atoms with E-state index in [4.69, 9.17) is 5.11 Å². The Morgan fingerprint density at radius 1 is 1.26 bits per heavy atom. The molecule has 6 nitrogen and oxygen atoms in total. The lowest BCUT2D eigenvalue weighted by molar-refractivity contribution is 0.237. The molecular weight excluding hydrogens is 292 g/mol. The lowest BCUT2D eigenvalue weighted by atomic mass is 10.1. The number of carbonyl (C=O) groups excluding carboxylic acids is 1. The SMILES string of the molecule is CCC(CCO)NC(=O)Nc1ccc(-c2nccc(C)n2)cc1. The quantitative estimate of drug-likeness (QED) is 0.765. The van der Waals surface area contributed by atoms with Crippen LogP contribution in [0.5, 0.6) is 0 Å². The predicted octanol–water partition coefficient (Wildman–Crippen LogP) is 2.73. The van der Waals surface area contributed by atoms with Crippen molar-refractivity contribution in [3.05, 3.63) is 42.2 Å². The van der Waals surface area contributed by atoms with Crippen molar-refractivity contribution in [2.24, 2.45) is 0 Å². The minimum Gasteiger partial charge on any atom is -0.396 e. The van der Waals surface area contributed by atoms with Crippen molar-refractivity contribution in [2.45, 2.75) is 32.7 Å². The zero-order chi connectivity index (χ0) is 16.7. The smallest absolute Gasteiger partial charge is 0.319 e. The average molecular weight is 314 g/mol. The number of aliphatic hydroxyl groups is 1. The van der Waals surface area contributed by atoms with Gasteiger partial charge in [-0.05, 0) is 50.1 Å². The largest absolute Gasteiger partial charge is 0.396 e. The first-order valence-corrected chi connectivity index (χ1v) is 7.71. The number of hydrogen-bond donors (Lipinski definition) is 3. The monoisotopic (exact) mass is 314 g/mol. The fourth-order valence-corrected chi connectivity index (χ4v) is 2.18. The second-order valence-corrected chi connectivity index (χ2v) is 5.31. The molecule has 0 saturated heterocycles. The van der Waals surface area contributed by atoms with Gasteiger partial charge in [0.25, 0.3) is 0 Å². The highest BCUT2D eigenvalue weighted by atomic mass is 16.3. The lowest BCUT2D eigenvalue weighted by Crippen LogP contribution is -2.38. The number of aryl methyl sites for hydroxylation is 1. The van der Waals surface area contributed by atoms with Gasteiger partial charge in [-0.3, -0.25) is 0 Å². The minimum absolute atomic E-state index is 0.0278. The number of rotatable bonds is 6. The van der Waals surface area contributed by atoms with Gasteiger partial charge in [0.05, 0.1) is 0 Å². The number of hydrogen-bond acceptors (Lipinski definition) is 4. The molecule has 6 heteroatoms. The normalized spacial score (nSPS) is 11.8. The molecule has 2 aromatic rings. The second kappa shape index (κ2) is 8.24. The van der Waals surface area contributed by atoms with Crippen molar-refractivity contribution in [3.8, 4) is 11.4 Å². The van der Waals surface area contributed by atoms with Gasteiger partial charge in [0.2, 0.25) is 0 Å². The molecule has 0 fully saturated rings. The van der Waals surface area contributed by atoms with Gasteiger partial charge in [-0.2, -0.15) is 0 Å². The lowest BCUT2D eigenvalue weighted by Gasteiger charge is -2.16. The third kappa shape index (κ3) is 5.03. The van der Waals surface area contributed by atoms with E-state index < -0.39 is 0 Å². The molecule has 0 radical (unpaired) electrons. The second-order valence-electron chi connectivity index (χ2n) is 5.31. The number of aliphatic hydroxyl groups excluding tert-OH is 1. The molecule has 122 valence electrons. The summed E-state index contributed by atoms with van der Waals surface area (Å²) >= 11 is 0. The summed E-state index contributed by atoms with van der Waals surface area (Å²) in [4.78, 5) is 20.5. The van der Waals surface area contributed by atoms with E-state index in [2.05, 4.69) is 20.6 Å². The molecule has 0 aliphatic heterocycles. The van der Waals surface area contributed by atoms with E-state index in [1.807, 2.05) is 44.2 Å². The molecule has 1 atom stereocenters. The van der Waals surface area contributed by atoms with Crippen LogP contribution in [0, 0.1) is 6.92 Å². The Morgan fingerprint density at radius 2 is 2.00 bits per heavy atom. The van der Waals surface area contributed by atoms with Crippen LogP contribution in [0.2, 0.25) is 0 Å². The molecule has 0 aliphatic rings. The molecule has 3 N–H and O–H groups in total. The molecule has 2 rings (SSSR count). The number of anilines is 1. The van der Waals surface area contributed by atoms with Crippen molar-refractivity contribution >= 4 is 11.7 Å². The molecular formula is C17H22N4O2. The van der Waals surface area contributed by atoms with Crippen LogP contribution in [-0.4, -0.2) is 33.8 Å². The summed E-state index contributed by atoms with van der Waals surface area (Å²) < 4.78 is 0. The average Bonchev–Trinajstić information content (AvgIpc) is 2.55. The van der Waals surface area contributed by atoms with Gasteiger partial charge < -0.3 is 15.7 Å². The summed E-state index contributed by atoms with van der Waals surface area (Å²) in [6.07, 6.45) is 3.05. The van der Waals surface area contributed by atoms with E-state index in [1.165, 1.54) is 0 Å². The van der Waals surface area contributed by atoms with Crippen molar-refractivity contribution in [2.75, 3.05) is 11.9 Å². The van der Waals surface area contributed by atoms with Gasteiger partial charge in [0.1, 0.15) is 0 Å². The molecule has 2 amide bonds. The van der Waals surface area contributed by atoms with Gasteiger partial charge in [-0.1, -0.05) is 6.92 Å². The number of urea groups is 1. The van der Waals surface area contributed by atoms with Crippen LogP contribution in [0.4, 0.5) is 10.5 Å². The number of aromatic nitrogens is 2. The molecule has 0 aliphatic carbocycles. The first-order valence-electron chi connectivity index (χ1n) is 7.71. The maximum Gasteiger partial charge on any atom is 0.319 e. The first kappa shape index (κ1) is 16.9. The van der Waals surface area contributed by atoms with Gasteiger partial charge in [0.15, 0.2) is 5.82 Å². The zero-order valence-corrected chi connectivity index (χ0v) is 13.4. The van der Waals surface area contributed by atoms with Crippen LogP contribution in [-0.2, 0) is 0 Å². The van der Waals surface area contributed by atoms with Gasteiger partial charge in [-0.15, -0.1) is 0 Å². The minimum atomic E-state index is -0.273. The molecule has 0 bridgehead atoms. The molecule has 23 heavy (non-hydrogen) atoms. The summed E-state index contributed by atoms with van der Waals surface area (Å²) in [5.74, 6) is 0.662. The van der Waals surface area contributed by atoms with Crippen LogP contribution in [0.25, 0.3) is 11.4 Å². The summed E-state index contributed by atoms with van der Waals surface area (Å²) in [5.41, 5.74) is 2.50. The van der Waals surface area contributed by atoms with E-state index in [0.717, 1.165) is 17.7 Å². The predicted molar refractivity (Wildman–Crippen MR) is 90.1 cm³/mol. The standard InChI is InChI=1S/C17H22N4O2/c1-3-14(9-11-22)20-17(23)21-15-6-4-13(5-7-15)16-18-10-8-12(2)19-16/h4-8,10,14,22H,3,9,11H2,1-2H3,(H2,20,21,23). The van der Waals surface area contributed by atoms with Crippen LogP contribution in [0.3, 0.4) is 0 Å². The Kier molecular flexibility index (Phi) is 6.05. The van der Waals surface area contributed by atoms with Crippen LogP contribution in [0.15, 0.2) is 36.5 Å². The van der Waals surface area contributed by atoms with Crippen molar-refractivity contribution in [1.29, 1.82) is 0 Å². The van der Waals surface area contributed by atoms with E-state index in [-0.39, 0.29) is 18.7 Å². The van der Waals surface area contributed by atoms with Crippen molar-refractivity contribution in [3.63, 3.8) is 0 Å². The summed E-state index contributed by atoms with van der Waals surface area (Å²) in [6.45, 7) is 3.95. The topological polar surface area (TPSA) is 87.1 Å². The zero-order valence-electron chi connectivity index (χ0n) is 13.4. The maximum absolute atomic E-state index is 11.9. The summed E-state index contributed by atoms with van der Waals surface area (Å²) in [5, 5.41) is 14.6. The molecule has 1 heterocycles. The Balaban J connectivity index is 1.98. The molecule has 1 unspecified atom stereocenters. The van der Waals surface area contributed by atoms with E-state index in [9.17, 15) is 4.79 Å².